The van der Waals surface area contributed by atoms with Crippen LogP contribution in [0.2, 0.25) is 0 Å². The molecule has 0 radical (unpaired) electrons. The first-order valence-corrected chi connectivity index (χ1v) is 9.33. The molecule has 2 aliphatic rings. The molecule has 0 bridgehead atoms. The van der Waals surface area contributed by atoms with Crippen molar-refractivity contribution in [3.63, 3.8) is 0 Å². The maximum atomic E-state index is 12.1. The van der Waals surface area contributed by atoms with E-state index in [0.717, 1.165) is 44.7 Å². The Morgan fingerprint density at radius 1 is 1.27 bits per heavy atom. The lowest BCUT2D eigenvalue weighted by Gasteiger charge is -2.40. The van der Waals surface area contributed by atoms with Gasteiger partial charge in [-0.1, -0.05) is 24.3 Å². The fraction of sp³-hybridized carbons (Fsp3) is 0.476. The van der Waals surface area contributed by atoms with Crippen LogP contribution in [0.3, 0.4) is 0 Å². The van der Waals surface area contributed by atoms with Gasteiger partial charge in [0.05, 0.1) is 18.8 Å². The summed E-state index contributed by atoms with van der Waals surface area (Å²) in [7, 11) is 1.55. The third-order valence-corrected chi connectivity index (χ3v) is 5.89. The van der Waals surface area contributed by atoms with Crippen LogP contribution in [0, 0.1) is 0 Å². The molecular weight excluding hydrogens is 328 g/mol. The van der Waals surface area contributed by atoms with Crippen molar-refractivity contribution >= 4 is 5.91 Å². The Morgan fingerprint density at radius 3 is 2.81 bits per heavy atom. The number of rotatable bonds is 5. The number of carbonyl (C=O) groups is 1. The summed E-state index contributed by atoms with van der Waals surface area (Å²) in [6, 6.07) is 12.7. The van der Waals surface area contributed by atoms with Gasteiger partial charge in [-0.3, -0.25) is 9.69 Å². The second-order valence-corrected chi connectivity index (χ2v) is 7.48. The van der Waals surface area contributed by atoms with Crippen LogP contribution >= 0.6 is 0 Å². The molecule has 1 spiro atoms. The number of furan rings is 1. The van der Waals surface area contributed by atoms with Crippen molar-refractivity contribution in [3.8, 4) is 0 Å². The molecule has 1 amide bonds. The van der Waals surface area contributed by atoms with Crippen molar-refractivity contribution in [2.24, 2.45) is 0 Å². The van der Waals surface area contributed by atoms with Crippen LogP contribution < -0.4 is 5.32 Å². The van der Waals surface area contributed by atoms with Gasteiger partial charge in [0, 0.05) is 12.5 Å². The van der Waals surface area contributed by atoms with E-state index in [9.17, 15) is 4.79 Å². The van der Waals surface area contributed by atoms with Gasteiger partial charge in [-0.2, -0.15) is 0 Å². The summed E-state index contributed by atoms with van der Waals surface area (Å²) in [6.07, 6.45) is 4.94. The van der Waals surface area contributed by atoms with E-state index in [4.69, 9.17) is 9.15 Å². The summed E-state index contributed by atoms with van der Waals surface area (Å²) in [5, 5.41) is 3.16. The quantitative estimate of drug-likeness (QED) is 0.897. The number of piperidine rings is 1. The molecule has 1 aromatic heterocycles. The lowest BCUT2D eigenvalue weighted by Crippen LogP contribution is -2.41. The average Bonchev–Trinajstić information content (AvgIpc) is 3.25. The van der Waals surface area contributed by atoms with Crippen LogP contribution in [0.25, 0.3) is 0 Å². The van der Waals surface area contributed by atoms with Crippen LogP contribution in [-0.4, -0.2) is 37.6 Å². The van der Waals surface area contributed by atoms with Crippen LogP contribution in [-0.2, 0) is 21.5 Å². The molecule has 0 saturated carbocycles. The van der Waals surface area contributed by atoms with E-state index < -0.39 is 0 Å². The zero-order valence-corrected chi connectivity index (χ0v) is 15.2. The molecule has 5 nitrogen and oxygen atoms in total. The first kappa shape index (κ1) is 17.3. The molecule has 5 heteroatoms. The molecule has 1 aliphatic heterocycles. The van der Waals surface area contributed by atoms with E-state index in [2.05, 4.69) is 34.5 Å². The van der Waals surface area contributed by atoms with Gasteiger partial charge in [-0.05, 0) is 55.6 Å². The predicted molar refractivity (Wildman–Crippen MR) is 98.7 cm³/mol. The zero-order chi connectivity index (χ0) is 18.0. The van der Waals surface area contributed by atoms with Crippen molar-refractivity contribution in [2.75, 3.05) is 26.8 Å². The molecule has 1 aromatic carbocycles. The first-order chi connectivity index (χ1) is 12.7. The number of benzene rings is 1. The fourth-order valence-corrected chi connectivity index (χ4v) is 4.63. The molecular formula is C21H26N2O3. The molecule has 1 atom stereocenters. The lowest BCUT2D eigenvalue weighted by atomic mass is 9.73. The minimum atomic E-state index is -0.0420. The molecule has 1 fully saturated rings. The number of hydrogen-bond acceptors (Lipinski definition) is 4. The number of fused-ring (bicyclic) bond motifs is 2. The highest BCUT2D eigenvalue weighted by Gasteiger charge is 2.45. The Bertz CT molecular complexity index is 748. The largest absolute Gasteiger partial charge is 0.468 e. The third-order valence-electron chi connectivity index (χ3n) is 5.89. The van der Waals surface area contributed by atoms with E-state index in [-0.39, 0.29) is 24.0 Å². The van der Waals surface area contributed by atoms with E-state index in [1.807, 2.05) is 12.1 Å². The van der Waals surface area contributed by atoms with E-state index in [1.165, 1.54) is 11.1 Å². The van der Waals surface area contributed by atoms with Gasteiger partial charge in [-0.15, -0.1) is 0 Å². The van der Waals surface area contributed by atoms with Gasteiger partial charge < -0.3 is 14.5 Å². The molecule has 138 valence electrons. The van der Waals surface area contributed by atoms with E-state index >= 15 is 0 Å². The van der Waals surface area contributed by atoms with Gasteiger partial charge in [0.1, 0.15) is 12.4 Å². The van der Waals surface area contributed by atoms with Crippen molar-refractivity contribution in [1.82, 2.24) is 10.2 Å². The van der Waals surface area contributed by atoms with Crippen molar-refractivity contribution in [2.45, 2.75) is 37.3 Å². The van der Waals surface area contributed by atoms with Gasteiger partial charge in [0.2, 0.25) is 5.91 Å². The fourth-order valence-electron chi connectivity index (χ4n) is 4.63. The lowest BCUT2D eigenvalue weighted by molar-refractivity contribution is -0.125. The monoisotopic (exact) mass is 354 g/mol. The summed E-state index contributed by atoms with van der Waals surface area (Å²) in [4.78, 5) is 14.5. The summed E-state index contributed by atoms with van der Waals surface area (Å²) in [5.74, 6) is 0.983. The minimum Gasteiger partial charge on any atom is -0.468 e. The normalized spacial score (nSPS) is 21.7. The number of methoxy groups -OCH3 is 1. The number of amides is 1. The Kier molecular flexibility index (Phi) is 4.83. The SMILES string of the molecule is COCC(=O)N[C@@H]1CC2(CCN(Cc3ccco3)CC2)c2ccccc21. The zero-order valence-electron chi connectivity index (χ0n) is 15.2. The highest BCUT2D eigenvalue weighted by atomic mass is 16.5. The molecule has 26 heavy (non-hydrogen) atoms. The molecule has 1 aliphatic carbocycles. The van der Waals surface area contributed by atoms with E-state index in [1.54, 1.807) is 13.4 Å². The van der Waals surface area contributed by atoms with Crippen molar-refractivity contribution in [3.05, 3.63) is 59.5 Å². The smallest absolute Gasteiger partial charge is 0.246 e. The second kappa shape index (κ2) is 7.25. The molecule has 2 aromatic rings. The average molecular weight is 354 g/mol. The minimum absolute atomic E-state index is 0.0420. The standard InChI is InChI=1S/C21H26N2O3/c1-25-15-20(24)22-19-13-21(18-7-3-2-6-17(18)19)8-10-23(11-9-21)14-16-5-4-12-26-16/h2-7,12,19H,8-11,13-15H2,1H3,(H,22,24)/t19-/m1/s1. The van der Waals surface area contributed by atoms with Crippen LogP contribution in [0.5, 0.6) is 0 Å². The number of hydrogen-bond donors (Lipinski definition) is 1. The highest BCUT2D eigenvalue weighted by molar-refractivity contribution is 5.78. The van der Waals surface area contributed by atoms with Crippen molar-refractivity contribution < 1.29 is 13.9 Å². The molecule has 1 N–H and O–H groups in total. The Labute approximate surface area is 154 Å². The van der Waals surface area contributed by atoms with Gasteiger partial charge in [0.25, 0.3) is 0 Å². The topological polar surface area (TPSA) is 54.7 Å². The summed E-state index contributed by atoms with van der Waals surface area (Å²) in [6.45, 7) is 3.09. The number of ether oxygens (including phenoxy) is 1. The van der Waals surface area contributed by atoms with Crippen LogP contribution in [0.15, 0.2) is 47.1 Å². The second-order valence-electron chi connectivity index (χ2n) is 7.48. The van der Waals surface area contributed by atoms with Crippen molar-refractivity contribution in [1.29, 1.82) is 0 Å². The number of likely N-dealkylation sites (tertiary alicyclic amines) is 1. The Balaban J connectivity index is 1.48. The number of nitrogens with one attached hydrogen (secondary N) is 1. The summed E-state index contributed by atoms with van der Waals surface area (Å²) in [5.41, 5.74) is 2.86. The van der Waals surface area contributed by atoms with Gasteiger partial charge in [0.15, 0.2) is 0 Å². The Hall–Kier alpha value is -2.11. The maximum Gasteiger partial charge on any atom is 0.246 e. The summed E-state index contributed by atoms with van der Waals surface area (Å²) < 4.78 is 10.5. The number of carbonyl (C=O) groups excluding carboxylic acids is 1. The van der Waals surface area contributed by atoms with Gasteiger partial charge in [-0.25, -0.2) is 0 Å². The van der Waals surface area contributed by atoms with Crippen LogP contribution in [0.1, 0.15) is 42.2 Å². The Morgan fingerprint density at radius 2 is 2.08 bits per heavy atom. The van der Waals surface area contributed by atoms with E-state index in [0.29, 0.717) is 0 Å². The predicted octanol–water partition coefficient (Wildman–Crippen LogP) is 3.02. The first-order valence-electron chi connectivity index (χ1n) is 9.33. The number of nitrogens with zero attached hydrogens (tertiary/aromatic N) is 1. The maximum absolute atomic E-state index is 12.1. The molecule has 4 rings (SSSR count). The van der Waals surface area contributed by atoms with Gasteiger partial charge >= 0.3 is 0 Å². The molecule has 2 heterocycles. The van der Waals surface area contributed by atoms with Crippen LogP contribution in [0.4, 0.5) is 0 Å². The molecule has 1 saturated heterocycles. The third kappa shape index (κ3) is 3.29. The molecule has 0 unspecified atom stereocenters. The summed E-state index contributed by atoms with van der Waals surface area (Å²) >= 11 is 0. The highest BCUT2D eigenvalue weighted by Crippen LogP contribution is 2.50.